The van der Waals surface area contributed by atoms with Crippen molar-refractivity contribution in [1.29, 1.82) is 0 Å². The molecule has 3 aromatic rings. The highest BCUT2D eigenvalue weighted by Gasteiger charge is 2.47. The van der Waals surface area contributed by atoms with Gasteiger partial charge >= 0.3 is 0 Å². The number of nitrogens with one attached hydrogen (secondary N) is 2. The summed E-state index contributed by atoms with van der Waals surface area (Å²) in [6, 6.07) is 8.86. The second kappa shape index (κ2) is 24.7. The van der Waals surface area contributed by atoms with Gasteiger partial charge in [-0.15, -0.1) is 0 Å². The molecule has 0 saturated carbocycles. The van der Waals surface area contributed by atoms with E-state index in [0.29, 0.717) is 32.4 Å². The first-order valence-corrected chi connectivity index (χ1v) is 27.2. The minimum atomic E-state index is -2.30. The summed E-state index contributed by atoms with van der Waals surface area (Å²) in [6.07, 6.45) is 7.32. The molecule has 3 aliphatic rings. The molecule has 3 saturated heterocycles. The third-order valence-electron chi connectivity index (χ3n) is 15.9. The number of aromatic nitrogens is 2. The molecule has 4 amide bonds. The molecule has 1 unspecified atom stereocenters. The van der Waals surface area contributed by atoms with Crippen LogP contribution in [0.1, 0.15) is 131 Å². The van der Waals surface area contributed by atoms with E-state index in [-0.39, 0.29) is 45.1 Å². The number of aldehydes is 1. The van der Waals surface area contributed by atoms with Crippen LogP contribution in [0.5, 0.6) is 0 Å². The molecule has 0 bridgehead atoms. The number of pyridine rings is 1. The number of likely N-dealkylation sites (N-methyl/N-ethyl adjacent to an activating group) is 1. The molecule has 3 fully saturated rings. The third kappa shape index (κ3) is 13.4. The van der Waals surface area contributed by atoms with Crippen LogP contribution >= 0.6 is 0 Å². The van der Waals surface area contributed by atoms with E-state index < -0.39 is 63.8 Å². The van der Waals surface area contributed by atoms with E-state index in [2.05, 4.69) is 77.1 Å². The number of carbonyl (C=O) groups is 5. The van der Waals surface area contributed by atoms with Crippen molar-refractivity contribution >= 4 is 46.5 Å². The Bertz CT molecular complexity index is 2570. The van der Waals surface area contributed by atoms with Gasteiger partial charge in [0.15, 0.2) is 5.67 Å². The molecule has 6 rings (SSSR count). The van der Waals surface area contributed by atoms with Crippen LogP contribution in [0.4, 0.5) is 10.1 Å². The van der Waals surface area contributed by atoms with E-state index >= 15 is 4.39 Å². The summed E-state index contributed by atoms with van der Waals surface area (Å²) >= 11 is 0. The van der Waals surface area contributed by atoms with Crippen LogP contribution in [0.2, 0.25) is 0 Å². The number of piperidine rings is 2. The van der Waals surface area contributed by atoms with Gasteiger partial charge in [0, 0.05) is 94.6 Å². The van der Waals surface area contributed by atoms with Gasteiger partial charge in [0.05, 0.1) is 36.2 Å². The summed E-state index contributed by atoms with van der Waals surface area (Å²) in [4.78, 5) is 80.2. The van der Waals surface area contributed by atoms with Crippen molar-refractivity contribution in [2.24, 2.45) is 11.3 Å². The van der Waals surface area contributed by atoms with Gasteiger partial charge in [0.1, 0.15) is 23.9 Å². The maximum Gasteiger partial charge on any atom is 0.298 e. The lowest BCUT2D eigenvalue weighted by Crippen LogP contribution is -2.66. The van der Waals surface area contributed by atoms with E-state index in [1.54, 1.807) is 27.9 Å². The molecule has 0 radical (unpaired) electrons. The SMILES string of the molecule is CC[C@H](NC(=O)[C@H](C(C)C)N(C)C(=O)C1(F)CCN(C(=O)C#CC(C)(C)N(C)C)CC1)C(=O)N1CCCC(C=O)(COCC(C)(C)Cc2c(-c3cccnc3[C@H](C)OC)n(CC)c3ccc(N4CCCCC4)cc23)N1. The highest BCUT2D eigenvalue weighted by molar-refractivity contribution is 5.96. The minimum absolute atomic E-state index is 0.000679. The van der Waals surface area contributed by atoms with Crippen molar-refractivity contribution in [3.8, 4) is 23.1 Å². The Morgan fingerprint density at radius 2 is 1.65 bits per heavy atom. The molecular weight excluding hydrogens is 954 g/mol. The molecular formula is C58H86FN9O7. The van der Waals surface area contributed by atoms with Crippen LogP contribution < -0.4 is 15.6 Å². The number of nitrogens with zero attached hydrogens (tertiary/aromatic N) is 7. The summed E-state index contributed by atoms with van der Waals surface area (Å²) in [5.74, 6) is 2.89. The van der Waals surface area contributed by atoms with E-state index in [1.165, 1.54) is 52.9 Å². The lowest BCUT2D eigenvalue weighted by atomic mass is 9.84. The zero-order valence-electron chi connectivity index (χ0n) is 47.2. The van der Waals surface area contributed by atoms with Crippen LogP contribution in [-0.4, -0.2) is 162 Å². The van der Waals surface area contributed by atoms with Crippen molar-refractivity contribution in [2.45, 2.75) is 162 Å². The monoisotopic (exact) mass is 1040 g/mol. The molecule has 3 aliphatic heterocycles. The molecule has 2 N–H and O–H groups in total. The normalized spacial score (nSPS) is 19.6. The third-order valence-corrected chi connectivity index (χ3v) is 15.9. The Labute approximate surface area is 445 Å². The van der Waals surface area contributed by atoms with Crippen molar-refractivity contribution in [1.82, 2.24) is 40.0 Å². The Morgan fingerprint density at radius 3 is 2.27 bits per heavy atom. The largest absolute Gasteiger partial charge is 0.378 e. The molecule has 0 spiro atoms. The summed E-state index contributed by atoms with van der Waals surface area (Å²) < 4.78 is 31.3. The lowest BCUT2D eigenvalue weighted by Gasteiger charge is -2.42. The highest BCUT2D eigenvalue weighted by atomic mass is 19.1. The predicted molar refractivity (Wildman–Crippen MR) is 292 cm³/mol. The molecule has 1 aromatic carbocycles. The lowest BCUT2D eigenvalue weighted by molar-refractivity contribution is -0.155. The van der Waals surface area contributed by atoms with Gasteiger partial charge in [-0.2, -0.15) is 0 Å². The van der Waals surface area contributed by atoms with Gasteiger partial charge in [-0.05, 0) is 140 Å². The number of ether oxygens (including phenoxy) is 2. The van der Waals surface area contributed by atoms with Gasteiger partial charge in [-0.1, -0.05) is 40.5 Å². The number of benzene rings is 1. The number of hydrazine groups is 1. The van der Waals surface area contributed by atoms with Crippen LogP contribution in [0.25, 0.3) is 22.2 Å². The number of amides is 4. The standard InChI is InChI=1S/C58H86FN9O7/c1-14-46(61-52(71)50(40(3)4)64(12)54(73)58(59)27-33-66(34-28-58)48(70)24-26-56(8,9)63(10)11)53(72)68-32-20-25-57(37-69,62-68)39-75-38-55(6,7)36-45-44-35-42(65-30-17-16-18-31-65)22-23-47(44)67(15-2)51(45)43-21-19-29-60-49(43)41(5)74-13/h19,21-23,29,35,37,40-41,46,50,62H,14-18,20,25,27-28,30-34,36,38-39H2,1-13H3,(H,61,71)/t41-,46-,50-,57?/m0/s1. The second-order valence-electron chi connectivity index (χ2n) is 23.0. The number of rotatable bonds is 20. The summed E-state index contributed by atoms with van der Waals surface area (Å²) in [7, 11) is 6.84. The van der Waals surface area contributed by atoms with Crippen LogP contribution in [0.15, 0.2) is 36.5 Å². The maximum atomic E-state index is 16.5. The Morgan fingerprint density at radius 1 is 0.960 bits per heavy atom. The summed E-state index contributed by atoms with van der Waals surface area (Å²) in [6.45, 7) is 21.0. The number of hydrogen-bond donors (Lipinski definition) is 2. The molecule has 2 aromatic heterocycles. The number of halogens is 1. The van der Waals surface area contributed by atoms with E-state index in [0.717, 1.165) is 53.3 Å². The Balaban J connectivity index is 1.13. The van der Waals surface area contributed by atoms with Crippen molar-refractivity contribution in [3.05, 3.63) is 47.8 Å². The van der Waals surface area contributed by atoms with E-state index in [1.807, 2.05) is 52.0 Å². The first-order chi connectivity index (χ1) is 35.5. The van der Waals surface area contributed by atoms with Crippen LogP contribution in [0, 0.1) is 23.2 Å². The van der Waals surface area contributed by atoms with Gasteiger partial charge in [0.25, 0.3) is 17.7 Å². The first kappa shape index (κ1) is 58.8. The highest BCUT2D eigenvalue weighted by Crippen LogP contribution is 2.42. The van der Waals surface area contributed by atoms with E-state index in [4.69, 9.17) is 14.5 Å². The van der Waals surface area contributed by atoms with Crippen LogP contribution in [0.3, 0.4) is 0 Å². The van der Waals surface area contributed by atoms with E-state index in [9.17, 15) is 24.0 Å². The fraction of sp³-hybridized carbons (Fsp3) is 0.655. The average Bonchev–Trinajstić information content (AvgIpc) is 3.70. The molecule has 75 heavy (non-hydrogen) atoms. The van der Waals surface area contributed by atoms with Crippen molar-refractivity contribution < 1.29 is 37.8 Å². The number of methoxy groups -OCH3 is 1. The first-order valence-electron chi connectivity index (χ1n) is 27.2. The number of alkyl halides is 1. The summed E-state index contributed by atoms with van der Waals surface area (Å²) in [5, 5.41) is 5.45. The number of likely N-dealkylation sites (tertiary alicyclic amines) is 1. The number of aryl methyl sites for hydroxylation is 1. The number of hydrogen-bond acceptors (Lipinski definition) is 11. The smallest absolute Gasteiger partial charge is 0.298 e. The molecule has 16 nitrogen and oxygen atoms in total. The molecule has 412 valence electrons. The summed E-state index contributed by atoms with van der Waals surface area (Å²) in [5.41, 5.74) is 5.29. The maximum absolute atomic E-state index is 16.5. The number of fused-ring (bicyclic) bond motifs is 1. The van der Waals surface area contributed by atoms with Crippen molar-refractivity contribution in [3.63, 3.8) is 0 Å². The fourth-order valence-corrected chi connectivity index (χ4v) is 10.8. The quantitative estimate of drug-likeness (QED) is 0.0876. The van der Waals surface area contributed by atoms with Gasteiger partial charge in [-0.25, -0.2) is 9.82 Å². The predicted octanol–water partition coefficient (Wildman–Crippen LogP) is 7.12. The fourth-order valence-electron chi connectivity index (χ4n) is 10.8. The zero-order valence-corrected chi connectivity index (χ0v) is 47.2. The molecule has 5 heterocycles. The molecule has 17 heteroatoms. The van der Waals surface area contributed by atoms with Crippen LogP contribution in [-0.2, 0) is 46.4 Å². The van der Waals surface area contributed by atoms with Crippen molar-refractivity contribution in [2.75, 3.05) is 79.1 Å². The molecule has 4 atom stereocenters. The zero-order chi connectivity index (χ0) is 55.0. The minimum Gasteiger partial charge on any atom is -0.378 e. The molecule has 0 aliphatic carbocycles. The Hall–Kier alpha value is -5.41. The number of anilines is 1. The Kier molecular flexibility index (Phi) is 19.4. The van der Waals surface area contributed by atoms with Gasteiger partial charge in [-0.3, -0.25) is 34.1 Å². The second-order valence-corrected chi connectivity index (χ2v) is 23.0. The topological polar surface area (TPSA) is 162 Å². The average molecular weight is 1040 g/mol. The van der Waals surface area contributed by atoms with Gasteiger partial charge in [0.2, 0.25) is 5.91 Å². The van der Waals surface area contributed by atoms with Gasteiger partial charge < -0.3 is 38.9 Å². The number of carbonyl (C=O) groups excluding carboxylic acids is 5.